The minimum absolute atomic E-state index is 0.0568. The van der Waals surface area contributed by atoms with Gasteiger partial charge in [-0.05, 0) is 50.5 Å². The molecule has 1 unspecified atom stereocenters. The molecule has 43 heavy (non-hydrogen) atoms. The fraction of sp³-hybridized carbons (Fsp3) is 0.625. The highest BCUT2D eigenvalue weighted by molar-refractivity contribution is 5.79. The third kappa shape index (κ3) is 9.02. The van der Waals surface area contributed by atoms with E-state index in [1.807, 2.05) is 48.4 Å². The number of nitrogens with one attached hydrogen (secondary N) is 1. The predicted octanol–water partition coefficient (Wildman–Crippen LogP) is 3.01. The second kappa shape index (κ2) is 15.3. The Balaban J connectivity index is 0.994. The molecule has 232 valence electrons. The van der Waals surface area contributed by atoms with Gasteiger partial charge in [0.15, 0.2) is 5.69 Å². The number of benzene rings is 1. The van der Waals surface area contributed by atoms with Gasteiger partial charge in [-0.25, -0.2) is 9.48 Å². The lowest BCUT2D eigenvalue weighted by atomic mass is 9.99. The van der Waals surface area contributed by atoms with Gasteiger partial charge in [-0.2, -0.15) is 0 Å². The average molecular weight is 593 g/mol. The molecule has 2 amide bonds. The molecule has 3 fully saturated rings. The number of carbonyl (C=O) groups is 2. The van der Waals surface area contributed by atoms with Crippen LogP contribution in [0.25, 0.3) is 0 Å². The van der Waals surface area contributed by atoms with Crippen molar-refractivity contribution in [3.63, 3.8) is 0 Å². The highest BCUT2D eigenvalue weighted by Crippen LogP contribution is 2.31. The van der Waals surface area contributed by atoms with Crippen molar-refractivity contribution < 1.29 is 23.8 Å². The SMILES string of the molecule is C[C@H](C[C@@H]1CC[C@H]([C@@H](C)C(=O)N2CCN(CC3CCCO3)CC2)O1)n1cc(C#CCNC(=O)OCc2ccccc2)nn1. The molecule has 1 N–H and O–H groups in total. The van der Waals surface area contributed by atoms with E-state index in [0.717, 1.165) is 77.0 Å². The Morgan fingerprint density at radius 3 is 2.67 bits per heavy atom. The van der Waals surface area contributed by atoms with E-state index < -0.39 is 6.09 Å². The molecule has 5 rings (SSSR count). The highest BCUT2D eigenvalue weighted by Gasteiger charge is 2.36. The molecule has 3 saturated heterocycles. The number of carbonyl (C=O) groups excluding carboxylic acids is 2. The largest absolute Gasteiger partial charge is 0.445 e. The number of piperazine rings is 1. The molecule has 0 saturated carbocycles. The lowest BCUT2D eigenvalue weighted by Crippen LogP contribution is -2.52. The van der Waals surface area contributed by atoms with Crippen LogP contribution in [0.1, 0.15) is 63.3 Å². The summed E-state index contributed by atoms with van der Waals surface area (Å²) in [4.78, 5) is 29.6. The topological polar surface area (TPSA) is 111 Å². The zero-order valence-corrected chi connectivity index (χ0v) is 25.3. The van der Waals surface area contributed by atoms with Crippen molar-refractivity contribution in [3.8, 4) is 11.8 Å². The van der Waals surface area contributed by atoms with Gasteiger partial charge >= 0.3 is 6.09 Å². The third-order valence-corrected chi connectivity index (χ3v) is 8.57. The number of hydrogen-bond donors (Lipinski definition) is 1. The van der Waals surface area contributed by atoms with E-state index in [9.17, 15) is 9.59 Å². The van der Waals surface area contributed by atoms with Crippen LogP contribution in [-0.2, 0) is 25.6 Å². The van der Waals surface area contributed by atoms with Crippen LogP contribution in [0.15, 0.2) is 36.5 Å². The van der Waals surface area contributed by atoms with Crippen LogP contribution < -0.4 is 5.32 Å². The predicted molar refractivity (Wildman–Crippen MR) is 160 cm³/mol. The van der Waals surface area contributed by atoms with Crippen molar-refractivity contribution in [2.75, 3.05) is 45.9 Å². The average Bonchev–Trinajstić information content (AvgIpc) is 3.82. The molecule has 0 radical (unpaired) electrons. The number of amides is 2. The van der Waals surface area contributed by atoms with Gasteiger partial charge in [0.05, 0.1) is 43.0 Å². The summed E-state index contributed by atoms with van der Waals surface area (Å²) in [5.41, 5.74) is 1.46. The first-order valence-corrected chi connectivity index (χ1v) is 15.6. The van der Waals surface area contributed by atoms with Crippen LogP contribution in [0, 0.1) is 17.8 Å². The minimum atomic E-state index is -0.519. The van der Waals surface area contributed by atoms with E-state index in [2.05, 4.69) is 39.3 Å². The normalized spacial score (nSPS) is 23.8. The summed E-state index contributed by atoms with van der Waals surface area (Å²) >= 11 is 0. The van der Waals surface area contributed by atoms with Crippen molar-refractivity contribution in [3.05, 3.63) is 47.8 Å². The van der Waals surface area contributed by atoms with Crippen molar-refractivity contribution in [2.45, 2.75) is 76.9 Å². The van der Waals surface area contributed by atoms with Gasteiger partial charge in [0.25, 0.3) is 0 Å². The quantitative estimate of drug-likeness (QED) is 0.420. The molecule has 11 heteroatoms. The van der Waals surface area contributed by atoms with Gasteiger partial charge in [0, 0.05) is 39.3 Å². The summed E-state index contributed by atoms with van der Waals surface area (Å²) in [6.45, 7) is 9.67. The first-order valence-electron chi connectivity index (χ1n) is 15.6. The molecular formula is C32H44N6O5. The minimum Gasteiger partial charge on any atom is -0.445 e. The number of alkyl carbamates (subject to hydrolysis) is 1. The second-order valence-corrected chi connectivity index (χ2v) is 11.8. The molecule has 1 aromatic carbocycles. The Hall–Kier alpha value is -3.46. The summed E-state index contributed by atoms with van der Waals surface area (Å²) in [5.74, 6) is 5.87. The van der Waals surface area contributed by atoms with Crippen LogP contribution in [0.3, 0.4) is 0 Å². The Labute approximate surface area is 254 Å². The summed E-state index contributed by atoms with van der Waals surface area (Å²) in [6.07, 6.45) is 6.56. The zero-order valence-electron chi connectivity index (χ0n) is 25.3. The van der Waals surface area contributed by atoms with E-state index in [4.69, 9.17) is 14.2 Å². The first kappa shape index (κ1) is 31.0. The van der Waals surface area contributed by atoms with Crippen molar-refractivity contribution in [1.29, 1.82) is 0 Å². The Bertz CT molecular complexity index is 1250. The van der Waals surface area contributed by atoms with Crippen LogP contribution in [0.2, 0.25) is 0 Å². The maximum atomic E-state index is 13.3. The lowest BCUT2D eigenvalue weighted by molar-refractivity contribution is -0.142. The molecule has 0 spiro atoms. The van der Waals surface area contributed by atoms with Crippen molar-refractivity contribution >= 4 is 12.0 Å². The number of hydrogen-bond acceptors (Lipinski definition) is 8. The molecule has 5 atom stereocenters. The Kier molecular flexibility index (Phi) is 11.0. The van der Waals surface area contributed by atoms with Crippen LogP contribution in [0.5, 0.6) is 0 Å². The highest BCUT2D eigenvalue weighted by atomic mass is 16.5. The molecule has 4 heterocycles. The van der Waals surface area contributed by atoms with Crippen LogP contribution in [-0.4, -0.2) is 101 Å². The molecule has 2 aromatic rings. The number of nitrogens with zero attached hydrogens (tertiary/aromatic N) is 5. The first-order chi connectivity index (χ1) is 20.9. The number of aromatic nitrogens is 3. The van der Waals surface area contributed by atoms with Gasteiger partial charge < -0.3 is 24.4 Å². The Morgan fingerprint density at radius 1 is 1.09 bits per heavy atom. The molecule has 0 bridgehead atoms. The van der Waals surface area contributed by atoms with Gasteiger partial charge in [0.1, 0.15) is 6.61 Å². The summed E-state index contributed by atoms with van der Waals surface area (Å²) < 4.78 is 19.1. The number of rotatable bonds is 10. The van der Waals surface area contributed by atoms with Crippen molar-refractivity contribution in [1.82, 2.24) is 30.1 Å². The zero-order chi connectivity index (χ0) is 30.0. The fourth-order valence-corrected chi connectivity index (χ4v) is 6.01. The smallest absolute Gasteiger partial charge is 0.408 e. The van der Waals surface area contributed by atoms with Gasteiger partial charge in [-0.3, -0.25) is 9.69 Å². The van der Waals surface area contributed by atoms with Crippen LogP contribution in [0.4, 0.5) is 4.79 Å². The molecule has 3 aliphatic heterocycles. The third-order valence-electron chi connectivity index (χ3n) is 8.57. The standard InChI is InChI=1S/C32H44N6O5/c1-24(38-21-27(34-35-38)10-6-14-33-32(40)42-23-26-8-4-3-5-9-26)20-28-12-13-30(43-28)25(2)31(39)37-17-15-36(16-18-37)22-29-11-7-19-41-29/h3-5,8-9,21,24-25,28-30H,7,11-20,22-23H2,1-2H3,(H,33,40)/t24-,25-,28+,29?,30-/m1/s1. The van der Waals surface area contributed by atoms with E-state index >= 15 is 0 Å². The monoisotopic (exact) mass is 592 g/mol. The summed E-state index contributed by atoms with van der Waals surface area (Å²) in [6, 6.07) is 9.57. The lowest BCUT2D eigenvalue weighted by Gasteiger charge is -2.37. The summed E-state index contributed by atoms with van der Waals surface area (Å²) in [7, 11) is 0. The van der Waals surface area contributed by atoms with Gasteiger partial charge in [-0.15, -0.1) is 5.10 Å². The second-order valence-electron chi connectivity index (χ2n) is 11.8. The van der Waals surface area contributed by atoms with E-state index in [1.165, 1.54) is 0 Å². The van der Waals surface area contributed by atoms with Crippen molar-refractivity contribution in [2.24, 2.45) is 5.92 Å². The molecule has 3 aliphatic rings. The molecular weight excluding hydrogens is 548 g/mol. The number of ether oxygens (including phenoxy) is 3. The molecule has 0 aliphatic carbocycles. The van der Waals surface area contributed by atoms with E-state index in [0.29, 0.717) is 11.8 Å². The van der Waals surface area contributed by atoms with E-state index in [1.54, 1.807) is 4.68 Å². The fourth-order valence-electron chi connectivity index (χ4n) is 6.01. The Morgan fingerprint density at radius 2 is 1.91 bits per heavy atom. The van der Waals surface area contributed by atoms with Gasteiger partial charge in [-0.1, -0.05) is 48.4 Å². The van der Waals surface area contributed by atoms with E-state index in [-0.39, 0.29) is 43.2 Å². The molecule has 1 aromatic heterocycles. The summed E-state index contributed by atoms with van der Waals surface area (Å²) in [5, 5.41) is 11.0. The molecule has 11 nitrogen and oxygen atoms in total. The maximum Gasteiger partial charge on any atom is 0.408 e. The maximum absolute atomic E-state index is 13.3. The van der Waals surface area contributed by atoms with Gasteiger partial charge in [0.2, 0.25) is 5.91 Å². The van der Waals surface area contributed by atoms with Crippen LogP contribution >= 0.6 is 0 Å².